The largest absolute Gasteiger partial charge is 0.322 e. The molecule has 2 rings (SSSR count). The highest BCUT2D eigenvalue weighted by atomic mass is 79.9. The van der Waals surface area contributed by atoms with E-state index in [0.29, 0.717) is 5.02 Å². The Bertz CT molecular complexity index is 529. The van der Waals surface area contributed by atoms with E-state index in [-0.39, 0.29) is 6.04 Å². The Labute approximate surface area is 117 Å². The van der Waals surface area contributed by atoms with Crippen molar-refractivity contribution in [1.82, 2.24) is 10.2 Å². The van der Waals surface area contributed by atoms with Crippen LogP contribution in [0.1, 0.15) is 24.4 Å². The highest BCUT2D eigenvalue weighted by molar-refractivity contribution is 9.10. The summed E-state index contributed by atoms with van der Waals surface area (Å²) in [6.07, 6.45) is 0.853. The van der Waals surface area contributed by atoms with E-state index in [4.69, 9.17) is 17.3 Å². The van der Waals surface area contributed by atoms with Gasteiger partial charge in [0.15, 0.2) is 0 Å². The number of benzene rings is 1. The number of rotatable bonds is 3. The van der Waals surface area contributed by atoms with Crippen molar-refractivity contribution in [2.24, 2.45) is 5.73 Å². The van der Waals surface area contributed by atoms with Gasteiger partial charge in [-0.2, -0.15) is 0 Å². The van der Waals surface area contributed by atoms with Crippen LogP contribution < -0.4 is 5.73 Å². The third-order valence-electron chi connectivity index (χ3n) is 2.36. The van der Waals surface area contributed by atoms with Gasteiger partial charge in [-0.15, -0.1) is 10.2 Å². The summed E-state index contributed by atoms with van der Waals surface area (Å²) < 4.78 is 0.953. The molecule has 6 heteroatoms. The molecule has 3 nitrogen and oxygen atoms in total. The Morgan fingerprint density at radius 2 is 2.24 bits per heavy atom. The van der Waals surface area contributed by atoms with E-state index in [0.717, 1.165) is 26.5 Å². The first-order valence-electron chi connectivity index (χ1n) is 5.16. The molecule has 1 heterocycles. The Kier molecular flexibility index (Phi) is 4.14. The second-order valence-electron chi connectivity index (χ2n) is 3.58. The maximum absolute atomic E-state index is 5.97. The molecule has 2 N–H and O–H groups in total. The van der Waals surface area contributed by atoms with Crippen LogP contribution in [-0.4, -0.2) is 10.2 Å². The molecule has 0 aliphatic carbocycles. The molecule has 0 aliphatic rings. The topological polar surface area (TPSA) is 51.8 Å². The van der Waals surface area contributed by atoms with Gasteiger partial charge in [0, 0.05) is 15.1 Å². The predicted octanol–water partition coefficient (Wildman–Crippen LogP) is 4.03. The molecule has 0 aliphatic heterocycles. The Hall–Kier alpha value is -0.490. The fourth-order valence-corrected chi connectivity index (χ4v) is 3.03. The van der Waals surface area contributed by atoms with Crippen molar-refractivity contribution in [3.63, 3.8) is 0 Å². The standard InChI is InChI=1S/C11H11BrClN3S/c1-2-9(14)11-16-15-10(17-11)7-5-6(13)3-4-8(7)12/h3-5,9H,2,14H2,1H3. The molecule has 1 aromatic heterocycles. The van der Waals surface area contributed by atoms with Crippen LogP contribution in [0.4, 0.5) is 0 Å². The van der Waals surface area contributed by atoms with Crippen LogP contribution in [0.15, 0.2) is 22.7 Å². The highest BCUT2D eigenvalue weighted by Crippen LogP contribution is 2.33. The molecule has 1 unspecified atom stereocenters. The number of hydrogen-bond acceptors (Lipinski definition) is 4. The van der Waals surface area contributed by atoms with E-state index in [1.807, 2.05) is 25.1 Å². The van der Waals surface area contributed by atoms with Crippen LogP contribution >= 0.6 is 38.9 Å². The fraction of sp³-hybridized carbons (Fsp3) is 0.273. The van der Waals surface area contributed by atoms with E-state index in [1.165, 1.54) is 11.3 Å². The van der Waals surface area contributed by atoms with Crippen LogP contribution in [0.2, 0.25) is 5.02 Å². The molecule has 0 bridgehead atoms. The monoisotopic (exact) mass is 331 g/mol. The van der Waals surface area contributed by atoms with Gasteiger partial charge in [-0.05, 0) is 24.6 Å². The van der Waals surface area contributed by atoms with E-state index < -0.39 is 0 Å². The van der Waals surface area contributed by atoms with Crippen molar-refractivity contribution >= 4 is 38.9 Å². The minimum absolute atomic E-state index is 0.0424. The Morgan fingerprint density at radius 3 is 2.94 bits per heavy atom. The maximum Gasteiger partial charge on any atom is 0.149 e. The molecule has 0 spiro atoms. The summed E-state index contributed by atoms with van der Waals surface area (Å²) in [5, 5.41) is 10.6. The lowest BCUT2D eigenvalue weighted by Gasteiger charge is -2.02. The van der Waals surface area contributed by atoms with Gasteiger partial charge in [0.05, 0.1) is 6.04 Å². The molecule has 0 saturated heterocycles. The molecule has 1 atom stereocenters. The Balaban J connectivity index is 2.40. The first-order chi connectivity index (χ1) is 8.11. The quantitative estimate of drug-likeness (QED) is 0.923. The smallest absolute Gasteiger partial charge is 0.149 e. The molecule has 0 amide bonds. The van der Waals surface area contributed by atoms with Crippen molar-refractivity contribution in [2.75, 3.05) is 0 Å². The van der Waals surface area contributed by atoms with Gasteiger partial charge < -0.3 is 5.73 Å². The van der Waals surface area contributed by atoms with Gasteiger partial charge in [0.25, 0.3) is 0 Å². The van der Waals surface area contributed by atoms with Crippen molar-refractivity contribution in [1.29, 1.82) is 0 Å². The summed E-state index contributed by atoms with van der Waals surface area (Å²) in [4.78, 5) is 0. The molecule has 0 radical (unpaired) electrons. The molecular weight excluding hydrogens is 322 g/mol. The molecule has 0 fully saturated rings. The van der Waals surface area contributed by atoms with Gasteiger partial charge in [0.1, 0.15) is 10.0 Å². The van der Waals surface area contributed by atoms with Gasteiger partial charge in [0.2, 0.25) is 0 Å². The van der Waals surface area contributed by atoms with Crippen LogP contribution in [0.25, 0.3) is 10.6 Å². The zero-order valence-electron chi connectivity index (χ0n) is 9.15. The van der Waals surface area contributed by atoms with Crippen LogP contribution in [-0.2, 0) is 0 Å². The molecule has 17 heavy (non-hydrogen) atoms. The third-order valence-corrected chi connectivity index (χ3v) is 4.37. The molecule has 90 valence electrons. The molecule has 0 saturated carbocycles. The molecule has 2 aromatic rings. The Morgan fingerprint density at radius 1 is 1.47 bits per heavy atom. The van der Waals surface area contributed by atoms with Crippen molar-refractivity contribution in [3.8, 4) is 10.6 Å². The summed E-state index contributed by atoms with van der Waals surface area (Å²) in [5.41, 5.74) is 6.87. The first-order valence-corrected chi connectivity index (χ1v) is 7.15. The molecule has 1 aromatic carbocycles. The second kappa shape index (κ2) is 5.44. The van der Waals surface area contributed by atoms with E-state index >= 15 is 0 Å². The summed E-state index contributed by atoms with van der Waals surface area (Å²) in [7, 11) is 0. The number of nitrogens with zero attached hydrogens (tertiary/aromatic N) is 2. The van der Waals surface area contributed by atoms with Crippen molar-refractivity contribution in [3.05, 3.63) is 32.7 Å². The minimum atomic E-state index is -0.0424. The lowest BCUT2D eigenvalue weighted by molar-refractivity contribution is 0.683. The minimum Gasteiger partial charge on any atom is -0.322 e. The van der Waals surface area contributed by atoms with Gasteiger partial charge in [-0.25, -0.2) is 0 Å². The van der Waals surface area contributed by atoms with E-state index in [2.05, 4.69) is 26.1 Å². The van der Waals surface area contributed by atoms with Crippen LogP contribution in [0.5, 0.6) is 0 Å². The second-order valence-corrected chi connectivity index (χ2v) is 5.88. The zero-order chi connectivity index (χ0) is 12.4. The SMILES string of the molecule is CCC(N)c1nnc(-c2cc(Cl)ccc2Br)s1. The third kappa shape index (κ3) is 2.85. The number of aromatic nitrogens is 2. The zero-order valence-corrected chi connectivity index (χ0v) is 12.3. The number of nitrogens with two attached hydrogens (primary N) is 1. The van der Waals surface area contributed by atoms with Crippen molar-refractivity contribution < 1.29 is 0 Å². The average Bonchev–Trinajstić information content (AvgIpc) is 2.80. The predicted molar refractivity (Wildman–Crippen MR) is 75.3 cm³/mol. The summed E-state index contributed by atoms with van der Waals surface area (Å²) in [5.74, 6) is 0. The summed E-state index contributed by atoms with van der Waals surface area (Å²) >= 11 is 11.0. The summed E-state index contributed by atoms with van der Waals surface area (Å²) in [6, 6.07) is 5.56. The average molecular weight is 333 g/mol. The first kappa shape index (κ1) is 13.0. The lowest BCUT2D eigenvalue weighted by atomic mass is 10.2. The maximum atomic E-state index is 5.97. The van der Waals surface area contributed by atoms with Crippen LogP contribution in [0.3, 0.4) is 0 Å². The summed E-state index contributed by atoms with van der Waals surface area (Å²) in [6.45, 7) is 2.03. The normalized spacial score (nSPS) is 12.7. The van der Waals surface area contributed by atoms with Crippen LogP contribution in [0, 0.1) is 0 Å². The fourth-order valence-electron chi connectivity index (χ4n) is 1.33. The van der Waals surface area contributed by atoms with Crippen molar-refractivity contribution in [2.45, 2.75) is 19.4 Å². The van der Waals surface area contributed by atoms with Gasteiger partial charge >= 0.3 is 0 Å². The number of halogens is 2. The highest BCUT2D eigenvalue weighted by Gasteiger charge is 2.13. The molecular formula is C11H11BrClN3S. The van der Waals surface area contributed by atoms with Gasteiger partial charge in [-0.1, -0.05) is 45.8 Å². The van der Waals surface area contributed by atoms with E-state index in [1.54, 1.807) is 0 Å². The van der Waals surface area contributed by atoms with E-state index in [9.17, 15) is 0 Å². The lowest BCUT2D eigenvalue weighted by Crippen LogP contribution is -2.07. The van der Waals surface area contributed by atoms with Gasteiger partial charge in [-0.3, -0.25) is 0 Å². The number of hydrogen-bond donors (Lipinski definition) is 1.